The summed E-state index contributed by atoms with van der Waals surface area (Å²) in [4.78, 5) is 18.2. The highest BCUT2D eigenvalue weighted by molar-refractivity contribution is 6.05. The van der Waals surface area contributed by atoms with Crippen LogP contribution in [-0.4, -0.2) is 51.5 Å². The normalized spacial score (nSPS) is 17.8. The number of amides is 1. The first-order valence-corrected chi connectivity index (χ1v) is 9.32. The standard InChI is InChI=1S/C20H21F3N4O2/c1-12-17(13(2)27(25-12)11-20(21,22)23)16-10-29-9-8-26(16)19(28)15-5-3-4-14-6-7-24-18(14)15/h3-7,16,24H,8-11H2,1-2H3/t16-/m0/s1. The molecule has 154 valence electrons. The molecule has 1 N–H and O–H groups in total. The number of H-pyrrole nitrogens is 1. The van der Waals surface area contributed by atoms with Gasteiger partial charge in [-0.15, -0.1) is 0 Å². The Hall–Kier alpha value is -2.81. The van der Waals surface area contributed by atoms with Gasteiger partial charge in [-0.25, -0.2) is 0 Å². The van der Waals surface area contributed by atoms with Crippen LogP contribution in [-0.2, 0) is 11.3 Å². The Balaban J connectivity index is 1.72. The Labute approximate surface area is 165 Å². The quantitative estimate of drug-likeness (QED) is 0.721. The molecule has 0 spiro atoms. The molecule has 2 aromatic heterocycles. The SMILES string of the molecule is Cc1nn(CC(F)(F)F)c(C)c1[C@@H]1COCCN1C(=O)c1cccc2cc[nH]c12. The number of morpholine rings is 1. The maximum absolute atomic E-state index is 13.4. The highest BCUT2D eigenvalue weighted by Crippen LogP contribution is 2.32. The van der Waals surface area contributed by atoms with Crippen LogP contribution in [0.5, 0.6) is 0 Å². The van der Waals surface area contributed by atoms with Crippen molar-refractivity contribution in [1.82, 2.24) is 19.7 Å². The third-order valence-electron chi connectivity index (χ3n) is 5.31. The molecule has 1 atom stereocenters. The zero-order chi connectivity index (χ0) is 20.8. The number of nitrogens with zero attached hydrogens (tertiary/aromatic N) is 3. The van der Waals surface area contributed by atoms with Crippen molar-refractivity contribution < 1.29 is 22.7 Å². The molecule has 3 heterocycles. The number of nitrogens with one attached hydrogen (secondary N) is 1. The molecule has 4 rings (SSSR count). The minimum Gasteiger partial charge on any atom is -0.377 e. The topological polar surface area (TPSA) is 63.1 Å². The number of halogens is 3. The molecule has 6 nitrogen and oxygen atoms in total. The Morgan fingerprint density at radius 3 is 2.86 bits per heavy atom. The second kappa shape index (κ2) is 7.22. The summed E-state index contributed by atoms with van der Waals surface area (Å²) in [7, 11) is 0. The number of benzene rings is 1. The van der Waals surface area contributed by atoms with E-state index in [1.54, 1.807) is 31.0 Å². The number of rotatable bonds is 3. The van der Waals surface area contributed by atoms with E-state index in [-0.39, 0.29) is 12.5 Å². The summed E-state index contributed by atoms with van der Waals surface area (Å²) in [6.45, 7) is 3.04. The average Bonchev–Trinajstić information content (AvgIpc) is 3.24. The summed E-state index contributed by atoms with van der Waals surface area (Å²) in [5.74, 6) is -0.186. The van der Waals surface area contributed by atoms with Gasteiger partial charge in [-0.05, 0) is 26.0 Å². The molecule has 29 heavy (non-hydrogen) atoms. The van der Waals surface area contributed by atoms with E-state index >= 15 is 0 Å². The molecule has 0 radical (unpaired) electrons. The van der Waals surface area contributed by atoms with Gasteiger partial charge in [-0.1, -0.05) is 12.1 Å². The van der Waals surface area contributed by atoms with E-state index in [2.05, 4.69) is 10.1 Å². The fourth-order valence-corrected chi connectivity index (χ4v) is 4.02. The number of carbonyl (C=O) groups excluding carboxylic acids is 1. The smallest absolute Gasteiger partial charge is 0.377 e. The zero-order valence-electron chi connectivity index (χ0n) is 16.1. The number of aryl methyl sites for hydroxylation is 1. The summed E-state index contributed by atoms with van der Waals surface area (Å²) >= 11 is 0. The summed E-state index contributed by atoms with van der Waals surface area (Å²) in [6, 6.07) is 6.87. The van der Waals surface area contributed by atoms with E-state index in [0.29, 0.717) is 35.7 Å². The van der Waals surface area contributed by atoms with Crippen molar-refractivity contribution in [3.05, 3.63) is 53.0 Å². The third-order valence-corrected chi connectivity index (χ3v) is 5.31. The fourth-order valence-electron chi connectivity index (χ4n) is 4.02. The van der Waals surface area contributed by atoms with Crippen LogP contribution in [0, 0.1) is 13.8 Å². The monoisotopic (exact) mass is 406 g/mol. The largest absolute Gasteiger partial charge is 0.408 e. The lowest BCUT2D eigenvalue weighted by Crippen LogP contribution is -2.44. The van der Waals surface area contributed by atoms with Gasteiger partial charge in [0.05, 0.1) is 36.0 Å². The van der Waals surface area contributed by atoms with Gasteiger partial charge < -0.3 is 14.6 Å². The van der Waals surface area contributed by atoms with Crippen LogP contribution in [0.1, 0.15) is 33.4 Å². The number of alkyl halides is 3. The third kappa shape index (κ3) is 3.62. The van der Waals surface area contributed by atoms with Gasteiger partial charge in [0.2, 0.25) is 0 Å². The molecule has 0 aliphatic carbocycles. The number of hydrogen-bond acceptors (Lipinski definition) is 3. The number of ether oxygens (including phenoxy) is 1. The first-order valence-electron chi connectivity index (χ1n) is 9.32. The molecule has 1 fully saturated rings. The lowest BCUT2D eigenvalue weighted by Gasteiger charge is -2.36. The lowest BCUT2D eigenvalue weighted by molar-refractivity contribution is -0.143. The molecule has 0 bridgehead atoms. The molecule has 3 aromatic rings. The molecule has 0 saturated carbocycles. The van der Waals surface area contributed by atoms with Gasteiger partial charge in [-0.2, -0.15) is 18.3 Å². The highest BCUT2D eigenvalue weighted by atomic mass is 19.4. The van der Waals surface area contributed by atoms with Gasteiger partial charge in [0, 0.05) is 29.4 Å². The average molecular weight is 406 g/mol. The molecule has 1 saturated heterocycles. The first-order chi connectivity index (χ1) is 13.8. The highest BCUT2D eigenvalue weighted by Gasteiger charge is 2.36. The maximum Gasteiger partial charge on any atom is 0.408 e. The van der Waals surface area contributed by atoms with Crippen molar-refractivity contribution in [2.24, 2.45) is 0 Å². The summed E-state index contributed by atoms with van der Waals surface area (Å²) in [5, 5.41) is 5.00. The predicted octanol–water partition coefficient (Wildman–Crippen LogP) is 3.76. The van der Waals surface area contributed by atoms with Crippen LogP contribution in [0.3, 0.4) is 0 Å². The van der Waals surface area contributed by atoms with E-state index in [1.807, 2.05) is 18.2 Å². The minimum absolute atomic E-state index is 0.186. The first kappa shape index (κ1) is 19.5. The molecule has 0 unspecified atom stereocenters. The number of aromatic nitrogens is 3. The van der Waals surface area contributed by atoms with Gasteiger partial charge in [0.1, 0.15) is 6.54 Å². The van der Waals surface area contributed by atoms with E-state index in [1.165, 1.54) is 0 Å². The summed E-state index contributed by atoms with van der Waals surface area (Å²) in [6.07, 6.45) is -2.60. The number of fused-ring (bicyclic) bond motifs is 1. The van der Waals surface area contributed by atoms with Gasteiger partial charge in [0.25, 0.3) is 5.91 Å². The Morgan fingerprint density at radius 2 is 2.10 bits per heavy atom. The van der Waals surface area contributed by atoms with E-state index in [9.17, 15) is 18.0 Å². The van der Waals surface area contributed by atoms with Crippen molar-refractivity contribution in [3.63, 3.8) is 0 Å². The molecule has 1 aromatic carbocycles. The van der Waals surface area contributed by atoms with Crippen LogP contribution in [0.4, 0.5) is 13.2 Å². The Morgan fingerprint density at radius 1 is 1.31 bits per heavy atom. The van der Waals surface area contributed by atoms with Crippen LogP contribution in [0.15, 0.2) is 30.5 Å². The zero-order valence-corrected chi connectivity index (χ0v) is 16.1. The number of para-hydroxylation sites is 1. The number of aromatic amines is 1. The minimum atomic E-state index is -4.37. The van der Waals surface area contributed by atoms with Crippen molar-refractivity contribution in [1.29, 1.82) is 0 Å². The molecule has 1 aliphatic rings. The van der Waals surface area contributed by atoms with E-state index in [0.717, 1.165) is 15.6 Å². The maximum atomic E-state index is 13.4. The molecule has 1 amide bonds. The molecular weight excluding hydrogens is 385 g/mol. The molecule has 1 aliphatic heterocycles. The van der Waals surface area contributed by atoms with Crippen molar-refractivity contribution in [2.45, 2.75) is 32.6 Å². The summed E-state index contributed by atoms with van der Waals surface area (Å²) < 4.78 is 45.2. The molecular formula is C20H21F3N4O2. The number of hydrogen-bond donors (Lipinski definition) is 1. The Kier molecular flexibility index (Phi) is 4.85. The van der Waals surface area contributed by atoms with Crippen LogP contribution >= 0.6 is 0 Å². The second-order valence-electron chi connectivity index (χ2n) is 7.19. The fraction of sp³-hybridized carbons (Fsp3) is 0.400. The summed E-state index contributed by atoms with van der Waals surface area (Å²) in [5.41, 5.74) is 2.74. The van der Waals surface area contributed by atoms with Crippen LogP contribution < -0.4 is 0 Å². The van der Waals surface area contributed by atoms with Gasteiger partial charge in [-0.3, -0.25) is 9.48 Å². The van der Waals surface area contributed by atoms with E-state index < -0.39 is 18.8 Å². The Bertz CT molecular complexity index is 1050. The lowest BCUT2D eigenvalue weighted by atomic mass is 10.0. The van der Waals surface area contributed by atoms with Crippen molar-refractivity contribution in [3.8, 4) is 0 Å². The predicted molar refractivity (Wildman–Crippen MR) is 101 cm³/mol. The van der Waals surface area contributed by atoms with Crippen LogP contribution in [0.2, 0.25) is 0 Å². The van der Waals surface area contributed by atoms with Gasteiger partial charge >= 0.3 is 6.18 Å². The van der Waals surface area contributed by atoms with Crippen LogP contribution in [0.25, 0.3) is 10.9 Å². The van der Waals surface area contributed by atoms with Crippen molar-refractivity contribution in [2.75, 3.05) is 19.8 Å². The van der Waals surface area contributed by atoms with Gasteiger partial charge in [0.15, 0.2) is 0 Å². The number of carbonyl (C=O) groups is 1. The second-order valence-corrected chi connectivity index (χ2v) is 7.19. The molecule has 9 heteroatoms. The van der Waals surface area contributed by atoms with E-state index in [4.69, 9.17) is 4.74 Å². The van der Waals surface area contributed by atoms with Crippen molar-refractivity contribution >= 4 is 16.8 Å².